The molecule has 7 heteroatoms. The number of hydrogen-bond donors (Lipinski definition) is 3. The Morgan fingerprint density at radius 2 is 1.75 bits per heavy atom. The molecule has 1 unspecified atom stereocenters. The van der Waals surface area contributed by atoms with E-state index in [1.807, 2.05) is 26.8 Å². The van der Waals surface area contributed by atoms with Gasteiger partial charge in [-0.25, -0.2) is 4.79 Å². The largest absolute Gasteiger partial charge is 0.444 e. The highest BCUT2D eigenvalue weighted by atomic mass is 16.6. The van der Waals surface area contributed by atoms with Crippen molar-refractivity contribution in [3.8, 4) is 0 Å². The SMILES string of the molecule is CN=C(NCCCNC(=O)OC(C)(C)C)NCC(Cc1ccccc1)N(C)C. The number of hydrogen-bond acceptors (Lipinski definition) is 4. The molecule has 0 saturated carbocycles. The van der Waals surface area contributed by atoms with E-state index in [1.54, 1.807) is 7.05 Å². The summed E-state index contributed by atoms with van der Waals surface area (Å²) < 4.78 is 5.21. The fourth-order valence-corrected chi connectivity index (χ4v) is 2.56. The van der Waals surface area contributed by atoms with Gasteiger partial charge in [0.05, 0.1) is 0 Å². The minimum absolute atomic E-state index is 0.356. The molecule has 0 aromatic heterocycles. The van der Waals surface area contributed by atoms with Crippen molar-refractivity contribution in [2.45, 2.75) is 45.3 Å². The summed E-state index contributed by atoms with van der Waals surface area (Å²) in [5.74, 6) is 0.761. The Balaban J connectivity index is 2.30. The first-order chi connectivity index (χ1) is 13.2. The molecule has 0 aliphatic carbocycles. The molecule has 1 atom stereocenters. The van der Waals surface area contributed by atoms with Crippen LogP contribution in [0.5, 0.6) is 0 Å². The number of guanidine groups is 1. The molecule has 1 amide bonds. The Hall–Kier alpha value is -2.28. The molecular formula is C21H37N5O2. The Morgan fingerprint density at radius 1 is 1.11 bits per heavy atom. The highest BCUT2D eigenvalue weighted by Crippen LogP contribution is 2.07. The topological polar surface area (TPSA) is 78.0 Å². The van der Waals surface area contributed by atoms with Gasteiger partial charge in [-0.1, -0.05) is 30.3 Å². The summed E-state index contributed by atoms with van der Waals surface area (Å²) in [7, 11) is 5.94. The molecule has 0 bridgehead atoms. The van der Waals surface area contributed by atoms with Gasteiger partial charge in [0.25, 0.3) is 0 Å². The van der Waals surface area contributed by atoms with Crippen molar-refractivity contribution >= 4 is 12.1 Å². The van der Waals surface area contributed by atoms with Crippen LogP contribution in [0.4, 0.5) is 4.79 Å². The lowest BCUT2D eigenvalue weighted by molar-refractivity contribution is 0.0527. The third-order valence-electron chi connectivity index (χ3n) is 4.09. The zero-order valence-electron chi connectivity index (χ0n) is 18.2. The van der Waals surface area contributed by atoms with Gasteiger partial charge in [-0.2, -0.15) is 0 Å². The minimum Gasteiger partial charge on any atom is -0.444 e. The monoisotopic (exact) mass is 391 g/mol. The summed E-state index contributed by atoms with van der Waals surface area (Å²) in [6.07, 6.45) is 1.36. The van der Waals surface area contributed by atoms with Gasteiger partial charge in [0, 0.05) is 32.7 Å². The van der Waals surface area contributed by atoms with Crippen LogP contribution in [-0.2, 0) is 11.2 Å². The second-order valence-electron chi connectivity index (χ2n) is 7.97. The van der Waals surface area contributed by atoms with E-state index in [2.05, 4.69) is 64.2 Å². The first kappa shape index (κ1) is 23.8. The molecule has 1 rings (SSSR count). The van der Waals surface area contributed by atoms with Gasteiger partial charge in [0.15, 0.2) is 5.96 Å². The summed E-state index contributed by atoms with van der Waals surface area (Å²) in [6.45, 7) is 7.60. The number of alkyl carbamates (subject to hydrolysis) is 1. The van der Waals surface area contributed by atoms with Crippen molar-refractivity contribution in [1.29, 1.82) is 0 Å². The lowest BCUT2D eigenvalue weighted by Gasteiger charge is -2.25. The van der Waals surface area contributed by atoms with Crippen molar-refractivity contribution < 1.29 is 9.53 Å². The van der Waals surface area contributed by atoms with Crippen molar-refractivity contribution in [3.05, 3.63) is 35.9 Å². The summed E-state index contributed by atoms with van der Waals surface area (Å²) >= 11 is 0. The Morgan fingerprint density at radius 3 is 2.32 bits per heavy atom. The molecule has 0 aliphatic heterocycles. The van der Waals surface area contributed by atoms with Gasteiger partial charge in [-0.15, -0.1) is 0 Å². The maximum absolute atomic E-state index is 11.6. The third kappa shape index (κ3) is 10.8. The molecule has 0 saturated heterocycles. The number of aliphatic imine (C=N–C) groups is 1. The predicted octanol–water partition coefficient (Wildman–Crippen LogP) is 2.24. The van der Waals surface area contributed by atoms with Crippen LogP contribution in [0, 0.1) is 0 Å². The summed E-state index contributed by atoms with van der Waals surface area (Å²) in [5.41, 5.74) is 0.843. The van der Waals surface area contributed by atoms with E-state index in [0.29, 0.717) is 19.1 Å². The molecule has 1 aromatic rings. The van der Waals surface area contributed by atoms with Gasteiger partial charge >= 0.3 is 6.09 Å². The number of carbonyl (C=O) groups is 1. The van der Waals surface area contributed by atoms with Gasteiger partial charge in [-0.05, 0) is 53.3 Å². The van der Waals surface area contributed by atoms with E-state index in [4.69, 9.17) is 4.74 Å². The van der Waals surface area contributed by atoms with E-state index >= 15 is 0 Å². The van der Waals surface area contributed by atoms with Crippen LogP contribution in [-0.4, -0.2) is 69.4 Å². The lowest BCUT2D eigenvalue weighted by Crippen LogP contribution is -2.46. The maximum atomic E-state index is 11.6. The number of nitrogens with one attached hydrogen (secondary N) is 3. The normalized spacial score (nSPS) is 13.2. The zero-order valence-corrected chi connectivity index (χ0v) is 18.2. The molecule has 0 spiro atoms. The van der Waals surface area contributed by atoms with Gasteiger partial charge in [0.1, 0.15) is 5.60 Å². The van der Waals surface area contributed by atoms with Gasteiger partial charge in [-0.3, -0.25) is 4.99 Å². The molecule has 0 fully saturated rings. The molecule has 28 heavy (non-hydrogen) atoms. The average molecular weight is 392 g/mol. The molecule has 158 valence electrons. The quantitative estimate of drug-likeness (QED) is 0.342. The number of ether oxygens (including phenoxy) is 1. The lowest BCUT2D eigenvalue weighted by atomic mass is 10.1. The van der Waals surface area contributed by atoms with Crippen LogP contribution in [0.3, 0.4) is 0 Å². The number of nitrogens with zero attached hydrogens (tertiary/aromatic N) is 2. The molecule has 7 nitrogen and oxygen atoms in total. The average Bonchev–Trinajstić information content (AvgIpc) is 2.62. The highest BCUT2D eigenvalue weighted by molar-refractivity contribution is 5.79. The number of carbonyl (C=O) groups excluding carboxylic acids is 1. The minimum atomic E-state index is -0.475. The van der Waals surface area contributed by atoms with Gasteiger partial charge < -0.3 is 25.6 Å². The summed E-state index contributed by atoms with van der Waals surface area (Å²) in [5, 5.41) is 9.42. The third-order valence-corrected chi connectivity index (χ3v) is 4.09. The van der Waals surface area contributed by atoms with E-state index in [-0.39, 0.29) is 6.09 Å². The number of likely N-dealkylation sites (N-methyl/N-ethyl adjacent to an activating group) is 1. The number of benzene rings is 1. The van der Waals surface area contributed by atoms with Crippen LogP contribution in [0.15, 0.2) is 35.3 Å². The predicted molar refractivity (Wildman–Crippen MR) is 116 cm³/mol. The van der Waals surface area contributed by atoms with E-state index in [0.717, 1.165) is 25.3 Å². The van der Waals surface area contributed by atoms with Crippen LogP contribution >= 0.6 is 0 Å². The van der Waals surface area contributed by atoms with Crippen LogP contribution in [0.1, 0.15) is 32.8 Å². The first-order valence-corrected chi connectivity index (χ1v) is 9.83. The molecule has 0 aliphatic rings. The summed E-state index contributed by atoms with van der Waals surface area (Å²) in [4.78, 5) is 18.1. The molecule has 0 heterocycles. The Kier molecular flexibility index (Phi) is 10.4. The van der Waals surface area contributed by atoms with Crippen molar-refractivity contribution in [3.63, 3.8) is 0 Å². The summed E-state index contributed by atoms with van der Waals surface area (Å²) in [6, 6.07) is 10.8. The maximum Gasteiger partial charge on any atom is 0.407 e. The highest BCUT2D eigenvalue weighted by Gasteiger charge is 2.15. The standard InChI is InChI=1S/C21H37N5O2/c1-21(2,3)28-20(27)24-14-10-13-23-19(22-4)25-16-18(26(5)6)15-17-11-8-7-9-12-17/h7-9,11-12,18H,10,13-16H2,1-6H3,(H,24,27)(H2,22,23,25). The molecular weight excluding hydrogens is 354 g/mol. The van der Waals surface area contributed by atoms with Crippen LogP contribution in [0.25, 0.3) is 0 Å². The molecule has 3 N–H and O–H groups in total. The second-order valence-corrected chi connectivity index (χ2v) is 7.97. The van der Waals surface area contributed by atoms with E-state index in [1.165, 1.54) is 5.56 Å². The Bertz CT molecular complexity index is 597. The zero-order chi connectivity index (χ0) is 21.0. The van der Waals surface area contributed by atoms with Crippen molar-refractivity contribution in [2.24, 2.45) is 4.99 Å². The number of amides is 1. The van der Waals surface area contributed by atoms with Gasteiger partial charge in [0.2, 0.25) is 0 Å². The van der Waals surface area contributed by atoms with Crippen LogP contribution < -0.4 is 16.0 Å². The van der Waals surface area contributed by atoms with E-state index < -0.39 is 5.60 Å². The first-order valence-electron chi connectivity index (χ1n) is 9.83. The molecule has 0 radical (unpaired) electrons. The van der Waals surface area contributed by atoms with Crippen molar-refractivity contribution in [1.82, 2.24) is 20.9 Å². The van der Waals surface area contributed by atoms with Crippen LogP contribution in [0.2, 0.25) is 0 Å². The fourth-order valence-electron chi connectivity index (χ4n) is 2.56. The van der Waals surface area contributed by atoms with Crippen molar-refractivity contribution in [2.75, 3.05) is 40.8 Å². The Labute approximate surface area is 169 Å². The molecule has 1 aromatic carbocycles. The fraction of sp³-hybridized carbons (Fsp3) is 0.619. The second kappa shape index (κ2) is 12.2. The van der Waals surface area contributed by atoms with E-state index in [9.17, 15) is 4.79 Å². The smallest absolute Gasteiger partial charge is 0.407 e. The number of rotatable bonds is 9.